The molecular formula is C16H17N3O5S. The van der Waals surface area contributed by atoms with Crippen molar-refractivity contribution in [1.29, 1.82) is 0 Å². The van der Waals surface area contributed by atoms with Gasteiger partial charge in [0.05, 0.1) is 25.3 Å². The normalized spacial score (nSPS) is 11.6. The molecule has 2 heterocycles. The van der Waals surface area contributed by atoms with Crippen LogP contribution in [0.5, 0.6) is 17.2 Å². The van der Waals surface area contributed by atoms with E-state index in [9.17, 15) is 13.5 Å². The molecule has 0 amide bonds. The van der Waals surface area contributed by atoms with Crippen LogP contribution in [0.25, 0.3) is 11.0 Å². The molecule has 0 aliphatic rings. The minimum Gasteiger partial charge on any atom is -0.503 e. The summed E-state index contributed by atoms with van der Waals surface area (Å²) >= 11 is 0. The number of benzene rings is 1. The van der Waals surface area contributed by atoms with Crippen LogP contribution >= 0.6 is 0 Å². The second-order valence-corrected chi connectivity index (χ2v) is 7.36. The fourth-order valence-electron chi connectivity index (χ4n) is 2.46. The van der Waals surface area contributed by atoms with E-state index in [-0.39, 0.29) is 22.3 Å². The van der Waals surface area contributed by atoms with Crippen molar-refractivity contribution in [3.8, 4) is 17.2 Å². The number of nitrogens with zero attached hydrogens (tertiary/aromatic N) is 2. The molecule has 1 aromatic carbocycles. The molecule has 2 N–H and O–H groups in total. The molecule has 0 spiro atoms. The van der Waals surface area contributed by atoms with Gasteiger partial charge in [0, 0.05) is 17.8 Å². The van der Waals surface area contributed by atoms with Crippen molar-refractivity contribution in [2.24, 2.45) is 0 Å². The first-order valence-corrected chi connectivity index (χ1v) is 8.99. The first-order valence-electron chi connectivity index (χ1n) is 7.33. The van der Waals surface area contributed by atoms with E-state index in [1.807, 2.05) is 0 Å². The number of ether oxygens (including phenoxy) is 2. The summed E-state index contributed by atoms with van der Waals surface area (Å²) in [6.07, 6.45) is 1.45. The standard InChI is InChI=1S/C16H17N3O5S/c1-9-7-17-13(14(20)15(9)24-3)8-25(21,22)16-18-11-5-4-10(23-2)6-12(11)19-16/h4-7,20H,8H2,1-3H3,(H,18,19). The zero-order valence-corrected chi connectivity index (χ0v) is 14.7. The highest BCUT2D eigenvalue weighted by atomic mass is 32.2. The third-order valence-electron chi connectivity index (χ3n) is 3.75. The van der Waals surface area contributed by atoms with Gasteiger partial charge in [0.2, 0.25) is 15.0 Å². The molecule has 0 radical (unpaired) electrons. The van der Waals surface area contributed by atoms with Crippen LogP contribution in [0.3, 0.4) is 0 Å². The van der Waals surface area contributed by atoms with Gasteiger partial charge in [-0.1, -0.05) is 0 Å². The summed E-state index contributed by atoms with van der Waals surface area (Å²) in [5.41, 5.74) is 1.65. The molecule has 0 aliphatic carbocycles. The van der Waals surface area contributed by atoms with Crippen LogP contribution in [-0.4, -0.2) is 42.7 Å². The van der Waals surface area contributed by atoms with Gasteiger partial charge in [0.1, 0.15) is 17.2 Å². The predicted octanol–water partition coefficient (Wildman–Crippen LogP) is 1.96. The number of H-pyrrole nitrogens is 1. The largest absolute Gasteiger partial charge is 0.503 e. The molecule has 8 nitrogen and oxygen atoms in total. The Kier molecular flexibility index (Phi) is 4.25. The number of imidazole rings is 1. The summed E-state index contributed by atoms with van der Waals surface area (Å²) in [5, 5.41) is 9.99. The SMILES string of the molecule is COc1ccc2nc(S(=O)(=O)Cc3ncc(C)c(OC)c3O)[nH]c2c1. The summed E-state index contributed by atoms with van der Waals surface area (Å²) in [7, 11) is -0.923. The summed E-state index contributed by atoms with van der Waals surface area (Å²) < 4.78 is 35.5. The average Bonchev–Trinajstić information content (AvgIpc) is 3.02. The Hall–Kier alpha value is -2.81. The molecule has 3 rings (SSSR count). The van der Waals surface area contributed by atoms with Crippen LogP contribution in [0.2, 0.25) is 0 Å². The van der Waals surface area contributed by atoms with Gasteiger partial charge in [-0.3, -0.25) is 4.98 Å². The maximum absolute atomic E-state index is 12.6. The van der Waals surface area contributed by atoms with E-state index in [2.05, 4.69) is 15.0 Å². The third-order valence-corrected chi connectivity index (χ3v) is 5.19. The number of aromatic hydroxyl groups is 1. The number of aromatic amines is 1. The molecule has 25 heavy (non-hydrogen) atoms. The summed E-state index contributed by atoms with van der Waals surface area (Å²) in [5.74, 6) is -0.00651. The Morgan fingerprint density at radius 1 is 1.24 bits per heavy atom. The highest BCUT2D eigenvalue weighted by molar-refractivity contribution is 7.90. The molecule has 0 saturated carbocycles. The van der Waals surface area contributed by atoms with E-state index in [0.29, 0.717) is 22.3 Å². The van der Waals surface area contributed by atoms with Crippen molar-refractivity contribution >= 4 is 20.9 Å². The molecule has 3 aromatic rings. The van der Waals surface area contributed by atoms with Crippen molar-refractivity contribution < 1.29 is 23.0 Å². The van der Waals surface area contributed by atoms with E-state index in [1.54, 1.807) is 25.1 Å². The van der Waals surface area contributed by atoms with Gasteiger partial charge >= 0.3 is 0 Å². The quantitative estimate of drug-likeness (QED) is 0.712. The summed E-state index contributed by atoms with van der Waals surface area (Å²) in [6, 6.07) is 5.01. The summed E-state index contributed by atoms with van der Waals surface area (Å²) in [6.45, 7) is 1.70. The lowest BCUT2D eigenvalue weighted by Crippen LogP contribution is -2.09. The van der Waals surface area contributed by atoms with Crippen LogP contribution in [0.15, 0.2) is 29.6 Å². The van der Waals surface area contributed by atoms with Gasteiger partial charge in [0.15, 0.2) is 11.5 Å². The van der Waals surface area contributed by atoms with E-state index < -0.39 is 15.6 Å². The highest BCUT2D eigenvalue weighted by Gasteiger charge is 2.24. The number of sulfone groups is 1. The lowest BCUT2D eigenvalue weighted by Gasteiger charge is -2.10. The van der Waals surface area contributed by atoms with E-state index >= 15 is 0 Å². The first-order chi connectivity index (χ1) is 11.9. The van der Waals surface area contributed by atoms with Crippen molar-refractivity contribution in [2.75, 3.05) is 14.2 Å². The number of aromatic nitrogens is 3. The molecule has 2 aromatic heterocycles. The number of fused-ring (bicyclic) bond motifs is 1. The minimum atomic E-state index is -3.84. The number of hydrogen-bond donors (Lipinski definition) is 2. The number of hydrogen-bond acceptors (Lipinski definition) is 7. The molecule has 0 fully saturated rings. The Morgan fingerprint density at radius 3 is 2.68 bits per heavy atom. The number of aryl methyl sites for hydroxylation is 1. The predicted molar refractivity (Wildman–Crippen MR) is 90.7 cm³/mol. The molecule has 9 heteroatoms. The second kappa shape index (κ2) is 6.25. The lowest BCUT2D eigenvalue weighted by atomic mass is 10.2. The third kappa shape index (κ3) is 3.10. The number of rotatable bonds is 5. The molecule has 0 unspecified atom stereocenters. The molecule has 0 saturated heterocycles. The zero-order chi connectivity index (χ0) is 18.2. The molecular weight excluding hydrogens is 346 g/mol. The van der Waals surface area contributed by atoms with Gasteiger partial charge in [-0.15, -0.1) is 0 Å². The van der Waals surface area contributed by atoms with Crippen LogP contribution in [0.4, 0.5) is 0 Å². The van der Waals surface area contributed by atoms with Gasteiger partial charge in [-0.25, -0.2) is 13.4 Å². The molecule has 0 aliphatic heterocycles. The number of pyridine rings is 1. The lowest BCUT2D eigenvalue weighted by molar-refractivity contribution is 0.366. The van der Waals surface area contributed by atoms with Crippen LogP contribution in [-0.2, 0) is 15.6 Å². The van der Waals surface area contributed by atoms with E-state index in [4.69, 9.17) is 9.47 Å². The van der Waals surface area contributed by atoms with Crippen LogP contribution < -0.4 is 9.47 Å². The van der Waals surface area contributed by atoms with Crippen molar-refractivity contribution in [3.63, 3.8) is 0 Å². The van der Waals surface area contributed by atoms with Gasteiger partial charge in [-0.05, 0) is 19.1 Å². The van der Waals surface area contributed by atoms with Gasteiger partial charge in [0.25, 0.3) is 0 Å². The Bertz CT molecular complexity index is 1040. The van der Waals surface area contributed by atoms with Crippen molar-refractivity contribution in [3.05, 3.63) is 35.7 Å². The second-order valence-electron chi connectivity index (χ2n) is 5.45. The average molecular weight is 363 g/mol. The topological polar surface area (TPSA) is 114 Å². The Morgan fingerprint density at radius 2 is 2.00 bits per heavy atom. The Balaban J connectivity index is 2.00. The fourth-order valence-corrected chi connectivity index (χ4v) is 3.67. The smallest absolute Gasteiger partial charge is 0.226 e. The monoisotopic (exact) mass is 363 g/mol. The van der Waals surface area contributed by atoms with Gasteiger partial charge in [-0.2, -0.15) is 0 Å². The maximum Gasteiger partial charge on any atom is 0.226 e. The number of nitrogens with one attached hydrogen (secondary N) is 1. The fraction of sp³-hybridized carbons (Fsp3) is 0.250. The highest BCUT2D eigenvalue weighted by Crippen LogP contribution is 2.33. The van der Waals surface area contributed by atoms with Crippen molar-refractivity contribution in [2.45, 2.75) is 17.8 Å². The zero-order valence-electron chi connectivity index (χ0n) is 13.9. The van der Waals surface area contributed by atoms with E-state index in [0.717, 1.165) is 0 Å². The molecule has 132 valence electrons. The van der Waals surface area contributed by atoms with Crippen LogP contribution in [0, 0.1) is 6.92 Å². The minimum absolute atomic E-state index is 0.000451. The molecule has 0 atom stereocenters. The summed E-state index contributed by atoms with van der Waals surface area (Å²) in [4.78, 5) is 10.9. The Labute approximate surface area is 144 Å². The first kappa shape index (κ1) is 17.0. The van der Waals surface area contributed by atoms with E-state index in [1.165, 1.54) is 20.4 Å². The van der Waals surface area contributed by atoms with Crippen molar-refractivity contribution in [1.82, 2.24) is 15.0 Å². The number of methoxy groups -OCH3 is 2. The van der Waals surface area contributed by atoms with Crippen LogP contribution in [0.1, 0.15) is 11.3 Å². The molecule has 0 bridgehead atoms. The maximum atomic E-state index is 12.6. The van der Waals surface area contributed by atoms with Gasteiger partial charge < -0.3 is 19.6 Å².